The van der Waals surface area contributed by atoms with E-state index in [1.54, 1.807) is 0 Å². The smallest absolute Gasteiger partial charge is 0.0172 e. The summed E-state index contributed by atoms with van der Waals surface area (Å²) in [5.41, 5.74) is 0. The van der Waals surface area contributed by atoms with Gasteiger partial charge in [-0.15, -0.1) is 0 Å². The van der Waals surface area contributed by atoms with Gasteiger partial charge in [0.05, 0.1) is 0 Å². The van der Waals surface area contributed by atoms with Crippen LogP contribution in [0.4, 0.5) is 0 Å². The molecule has 0 spiro atoms. The lowest BCUT2D eigenvalue weighted by atomic mass is 9.88. The molecule has 0 saturated heterocycles. The first-order chi connectivity index (χ1) is 5.68. The Balaban J connectivity index is 2.09. The van der Waals surface area contributed by atoms with E-state index >= 15 is 0 Å². The average molecular weight is 187 g/mol. The van der Waals surface area contributed by atoms with Crippen molar-refractivity contribution in [1.82, 2.24) is 4.72 Å². The van der Waals surface area contributed by atoms with Crippen molar-refractivity contribution in [1.29, 1.82) is 0 Å². The molecule has 0 aromatic rings. The average Bonchev–Trinajstić information content (AvgIpc) is 2.03. The van der Waals surface area contributed by atoms with Gasteiger partial charge in [0.2, 0.25) is 0 Å². The molecule has 1 N–H and O–H groups in total. The van der Waals surface area contributed by atoms with Crippen LogP contribution in [0.1, 0.15) is 46.5 Å². The fraction of sp³-hybridized carbons (Fsp3) is 1.00. The Kier molecular flexibility index (Phi) is 4.44. The first kappa shape index (κ1) is 10.4. The number of rotatable bonds is 3. The van der Waals surface area contributed by atoms with Gasteiger partial charge in [-0.1, -0.05) is 32.7 Å². The number of hydrogen-bond donors (Lipinski definition) is 1. The summed E-state index contributed by atoms with van der Waals surface area (Å²) < 4.78 is 3.56. The second kappa shape index (κ2) is 5.13. The van der Waals surface area contributed by atoms with Crippen molar-refractivity contribution in [2.24, 2.45) is 5.92 Å². The van der Waals surface area contributed by atoms with Crippen molar-refractivity contribution in [2.75, 3.05) is 0 Å². The van der Waals surface area contributed by atoms with Crippen LogP contribution in [-0.2, 0) is 0 Å². The van der Waals surface area contributed by atoms with Crippen LogP contribution >= 0.6 is 11.9 Å². The van der Waals surface area contributed by atoms with Crippen molar-refractivity contribution >= 4 is 11.9 Å². The molecule has 0 unspecified atom stereocenters. The summed E-state index contributed by atoms with van der Waals surface area (Å²) in [5.74, 6) is 0.965. The highest BCUT2D eigenvalue weighted by Gasteiger charge is 2.17. The molecule has 1 fully saturated rings. The molecule has 1 nitrogen and oxygen atoms in total. The van der Waals surface area contributed by atoms with Gasteiger partial charge >= 0.3 is 0 Å². The van der Waals surface area contributed by atoms with E-state index in [9.17, 15) is 0 Å². The molecule has 0 bridgehead atoms. The maximum absolute atomic E-state index is 3.56. The monoisotopic (exact) mass is 187 g/mol. The Bertz CT molecular complexity index is 117. The Labute approximate surface area is 80.8 Å². The van der Waals surface area contributed by atoms with Gasteiger partial charge in [-0.2, -0.15) is 0 Å². The Morgan fingerprint density at radius 3 is 2.25 bits per heavy atom. The lowest BCUT2D eigenvalue weighted by Gasteiger charge is -2.27. The molecular weight excluding hydrogens is 166 g/mol. The van der Waals surface area contributed by atoms with Crippen LogP contribution in [0.25, 0.3) is 0 Å². The summed E-state index contributed by atoms with van der Waals surface area (Å²) in [5, 5.41) is 0.712. The molecule has 0 aliphatic heterocycles. The lowest BCUT2D eigenvalue weighted by molar-refractivity contribution is 0.337. The highest BCUT2D eigenvalue weighted by Crippen LogP contribution is 2.24. The first-order valence-electron chi connectivity index (χ1n) is 5.09. The molecule has 0 atom stereocenters. The summed E-state index contributed by atoms with van der Waals surface area (Å²) in [7, 11) is 0. The van der Waals surface area contributed by atoms with E-state index in [0.717, 1.165) is 12.0 Å². The minimum atomic E-state index is 0.712. The predicted octanol–water partition coefficient (Wildman–Crippen LogP) is 3.21. The van der Waals surface area contributed by atoms with Crippen molar-refractivity contribution in [3.8, 4) is 0 Å². The quantitative estimate of drug-likeness (QED) is 0.681. The predicted molar refractivity (Wildman–Crippen MR) is 57.3 cm³/mol. The standard InChI is InChI=1S/C10H21NS/c1-8(2)12-11-10-6-4-9(3)5-7-10/h8-11H,4-7H2,1-3H3. The highest BCUT2D eigenvalue weighted by atomic mass is 32.2. The molecule has 1 saturated carbocycles. The Hall–Kier alpha value is 0.310. The summed E-state index contributed by atoms with van der Waals surface area (Å²) in [6.07, 6.45) is 5.58. The molecule has 2 heteroatoms. The third kappa shape index (κ3) is 3.81. The van der Waals surface area contributed by atoms with E-state index < -0.39 is 0 Å². The van der Waals surface area contributed by atoms with E-state index in [-0.39, 0.29) is 0 Å². The molecule has 0 radical (unpaired) electrons. The molecule has 1 aliphatic rings. The second-order valence-electron chi connectivity index (χ2n) is 4.24. The van der Waals surface area contributed by atoms with Gasteiger partial charge < -0.3 is 0 Å². The van der Waals surface area contributed by atoms with E-state index in [1.165, 1.54) is 25.7 Å². The van der Waals surface area contributed by atoms with Gasteiger partial charge in [0, 0.05) is 11.3 Å². The molecule has 1 aliphatic carbocycles. The zero-order valence-corrected chi connectivity index (χ0v) is 9.29. The third-order valence-corrected chi connectivity index (χ3v) is 3.43. The molecule has 1 rings (SSSR count). The Morgan fingerprint density at radius 2 is 1.75 bits per heavy atom. The van der Waals surface area contributed by atoms with E-state index in [2.05, 4.69) is 25.5 Å². The molecular formula is C10H21NS. The van der Waals surface area contributed by atoms with E-state index in [0.29, 0.717) is 5.25 Å². The van der Waals surface area contributed by atoms with Crippen LogP contribution in [0, 0.1) is 5.92 Å². The molecule has 0 aromatic heterocycles. The van der Waals surface area contributed by atoms with Crippen molar-refractivity contribution in [2.45, 2.75) is 57.7 Å². The van der Waals surface area contributed by atoms with Gasteiger partial charge in [0.25, 0.3) is 0 Å². The normalized spacial score (nSPS) is 31.0. The van der Waals surface area contributed by atoms with Crippen LogP contribution in [-0.4, -0.2) is 11.3 Å². The largest absolute Gasteiger partial charge is 0.261 e. The van der Waals surface area contributed by atoms with Gasteiger partial charge in [0.15, 0.2) is 0 Å². The van der Waals surface area contributed by atoms with Crippen molar-refractivity contribution in [3.63, 3.8) is 0 Å². The van der Waals surface area contributed by atoms with Crippen LogP contribution in [0.5, 0.6) is 0 Å². The number of hydrogen-bond acceptors (Lipinski definition) is 2. The SMILES string of the molecule is CC1CCC(NSC(C)C)CC1. The number of nitrogens with one attached hydrogen (secondary N) is 1. The topological polar surface area (TPSA) is 12.0 Å². The fourth-order valence-corrected chi connectivity index (χ4v) is 2.31. The van der Waals surface area contributed by atoms with Crippen LogP contribution in [0.3, 0.4) is 0 Å². The zero-order chi connectivity index (χ0) is 8.97. The van der Waals surface area contributed by atoms with Crippen LogP contribution < -0.4 is 4.72 Å². The highest BCUT2D eigenvalue weighted by molar-refractivity contribution is 7.98. The van der Waals surface area contributed by atoms with E-state index in [1.807, 2.05) is 11.9 Å². The minimum absolute atomic E-state index is 0.712. The van der Waals surface area contributed by atoms with Crippen LogP contribution in [0.15, 0.2) is 0 Å². The fourth-order valence-electron chi connectivity index (χ4n) is 1.61. The maximum atomic E-state index is 3.56. The van der Waals surface area contributed by atoms with Gasteiger partial charge in [-0.3, -0.25) is 4.72 Å². The van der Waals surface area contributed by atoms with Gasteiger partial charge in [-0.05, 0) is 31.6 Å². The molecule has 72 valence electrons. The van der Waals surface area contributed by atoms with Gasteiger partial charge in [0.1, 0.15) is 0 Å². The third-order valence-electron chi connectivity index (χ3n) is 2.49. The van der Waals surface area contributed by atoms with E-state index in [4.69, 9.17) is 0 Å². The summed E-state index contributed by atoms with van der Waals surface area (Å²) in [6.45, 7) is 6.85. The van der Waals surface area contributed by atoms with Crippen molar-refractivity contribution < 1.29 is 0 Å². The molecule has 0 amide bonds. The summed E-state index contributed by atoms with van der Waals surface area (Å²) in [4.78, 5) is 0. The van der Waals surface area contributed by atoms with Gasteiger partial charge in [-0.25, -0.2) is 0 Å². The first-order valence-corrected chi connectivity index (χ1v) is 5.97. The molecule has 12 heavy (non-hydrogen) atoms. The molecule has 0 heterocycles. The molecule has 0 aromatic carbocycles. The summed E-state index contributed by atoms with van der Waals surface area (Å²) >= 11 is 1.89. The van der Waals surface area contributed by atoms with Crippen molar-refractivity contribution in [3.05, 3.63) is 0 Å². The van der Waals surface area contributed by atoms with Crippen LogP contribution in [0.2, 0.25) is 0 Å². The minimum Gasteiger partial charge on any atom is -0.261 e. The lowest BCUT2D eigenvalue weighted by Crippen LogP contribution is -2.28. The zero-order valence-electron chi connectivity index (χ0n) is 8.47. The Morgan fingerprint density at radius 1 is 1.17 bits per heavy atom. The summed E-state index contributed by atoms with van der Waals surface area (Å²) in [6, 6.07) is 0.786. The second-order valence-corrected chi connectivity index (χ2v) is 5.66. The maximum Gasteiger partial charge on any atom is 0.0172 e.